The monoisotopic (exact) mass is 587 g/mol. The summed E-state index contributed by atoms with van der Waals surface area (Å²) in [7, 11) is 0. The Hall–Kier alpha value is -2.47. The van der Waals surface area contributed by atoms with Gasteiger partial charge in [0.25, 0.3) is 0 Å². The standard InChI is InChI=1S/C37H49NO5/c1-22-16-33-34(38(19-22)35(41)42-21-25-8-6-5-7-9-25)24(3)37(43-33)15-12-26-27-10-11-30-29(20-39)32(40)13-14-36(30,4)31(27)17-28(26)23(2)18-37/h5-9,20,22,24,26-27,29-31,33-34H,10-19,21H2,1-4H3/t22-,24+,26-,27-,29?,30+,31-,33+,34-,36-,37-/m0/s1. The van der Waals surface area contributed by atoms with Gasteiger partial charge < -0.3 is 19.2 Å². The lowest BCUT2D eigenvalue weighted by molar-refractivity contribution is -0.143. The summed E-state index contributed by atoms with van der Waals surface area (Å²) in [4.78, 5) is 40.2. The number of benzene rings is 1. The van der Waals surface area contributed by atoms with Crippen LogP contribution in [0.3, 0.4) is 0 Å². The number of ether oxygens (including phenoxy) is 2. The smallest absolute Gasteiger partial charge is 0.410 e. The summed E-state index contributed by atoms with van der Waals surface area (Å²) in [5.41, 5.74) is 3.96. The Balaban J connectivity index is 1.11. The van der Waals surface area contributed by atoms with E-state index in [1.807, 2.05) is 35.2 Å². The van der Waals surface area contributed by atoms with Gasteiger partial charge in [0.05, 0.1) is 23.7 Å². The Labute approximate surface area is 256 Å². The maximum atomic E-state index is 13.5. The number of rotatable bonds is 3. The zero-order valence-corrected chi connectivity index (χ0v) is 26.4. The molecule has 5 fully saturated rings. The first kappa shape index (κ1) is 29.3. The number of carbonyl (C=O) groups is 3. The van der Waals surface area contributed by atoms with E-state index in [2.05, 4.69) is 27.7 Å². The van der Waals surface area contributed by atoms with Gasteiger partial charge in [-0.15, -0.1) is 0 Å². The number of likely N-dealkylation sites (tertiary alicyclic amines) is 1. The Morgan fingerprint density at radius 1 is 1.12 bits per heavy atom. The van der Waals surface area contributed by atoms with E-state index in [4.69, 9.17) is 9.47 Å². The second-order valence-corrected chi connectivity index (χ2v) is 15.5. The largest absolute Gasteiger partial charge is 0.445 e. The average molecular weight is 588 g/mol. The molecule has 0 aromatic heterocycles. The van der Waals surface area contributed by atoms with Crippen molar-refractivity contribution in [3.63, 3.8) is 0 Å². The van der Waals surface area contributed by atoms with Crippen LogP contribution >= 0.6 is 0 Å². The highest BCUT2D eigenvalue weighted by molar-refractivity contribution is 5.94. The zero-order chi connectivity index (χ0) is 30.1. The lowest BCUT2D eigenvalue weighted by Gasteiger charge is -2.54. The third-order valence-electron chi connectivity index (χ3n) is 13.3. The molecule has 0 N–H and O–H groups in total. The molecule has 6 nitrogen and oxygen atoms in total. The second kappa shape index (κ2) is 10.9. The van der Waals surface area contributed by atoms with E-state index >= 15 is 0 Å². The van der Waals surface area contributed by atoms with Gasteiger partial charge in [-0.3, -0.25) is 4.79 Å². The van der Waals surface area contributed by atoms with E-state index in [0.29, 0.717) is 36.7 Å². The van der Waals surface area contributed by atoms with Crippen molar-refractivity contribution in [3.05, 3.63) is 47.0 Å². The first-order chi connectivity index (χ1) is 20.6. The van der Waals surface area contributed by atoms with Crippen LogP contribution in [-0.2, 0) is 25.7 Å². The molecule has 6 aliphatic rings. The van der Waals surface area contributed by atoms with Gasteiger partial charge >= 0.3 is 6.09 Å². The van der Waals surface area contributed by atoms with Crippen molar-refractivity contribution < 1.29 is 23.9 Å². The van der Waals surface area contributed by atoms with Crippen molar-refractivity contribution in [2.75, 3.05) is 6.54 Å². The van der Waals surface area contributed by atoms with E-state index in [-0.39, 0.29) is 46.9 Å². The van der Waals surface area contributed by atoms with Crippen molar-refractivity contribution in [1.82, 2.24) is 4.90 Å². The maximum Gasteiger partial charge on any atom is 0.410 e. The third kappa shape index (κ3) is 4.64. The zero-order valence-electron chi connectivity index (χ0n) is 26.4. The molecule has 1 aromatic rings. The van der Waals surface area contributed by atoms with Crippen LogP contribution < -0.4 is 0 Å². The Morgan fingerprint density at radius 2 is 1.91 bits per heavy atom. The first-order valence-electron chi connectivity index (χ1n) is 17.0. The molecule has 11 atom stereocenters. The average Bonchev–Trinajstić information content (AvgIpc) is 3.46. The molecule has 6 heteroatoms. The lowest BCUT2D eigenvalue weighted by Crippen LogP contribution is -2.54. The molecule has 3 saturated carbocycles. The van der Waals surface area contributed by atoms with Gasteiger partial charge in [0.1, 0.15) is 18.7 Å². The number of fused-ring (bicyclic) bond motifs is 6. The molecule has 1 spiro atoms. The summed E-state index contributed by atoms with van der Waals surface area (Å²) in [6, 6.07) is 9.96. The van der Waals surface area contributed by atoms with Crippen molar-refractivity contribution in [1.29, 1.82) is 0 Å². The summed E-state index contributed by atoms with van der Waals surface area (Å²) in [6.45, 7) is 10.3. The van der Waals surface area contributed by atoms with Gasteiger partial charge in [-0.05, 0) is 98.9 Å². The minimum atomic E-state index is -0.399. The van der Waals surface area contributed by atoms with Crippen LogP contribution in [0.15, 0.2) is 41.5 Å². The number of hydrogen-bond acceptors (Lipinski definition) is 5. The molecular weight excluding hydrogens is 538 g/mol. The molecule has 2 saturated heterocycles. The van der Waals surface area contributed by atoms with Crippen LogP contribution in [0.25, 0.3) is 0 Å². The number of hydrogen-bond donors (Lipinski definition) is 0. The van der Waals surface area contributed by atoms with E-state index in [1.54, 1.807) is 5.57 Å². The lowest BCUT2D eigenvalue weighted by atomic mass is 9.50. The molecule has 1 unspecified atom stereocenters. The molecular formula is C37H49NO5. The molecule has 0 radical (unpaired) electrons. The predicted molar refractivity (Wildman–Crippen MR) is 164 cm³/mol. The van der Waals surface area contributed by atoms with Crippen LogP contribution in [0.2, 0.25) is 0 Å². The Kier molecular flexibility index (Phi) is 7.38. The van der Waals surface area contributed by atoms with E-state index in [0.717, 1.165) is 69.8 Å². The molecule has 7 rings (SSSR count). The van der Waals surface area contributed by atoms with Crippen molar-refractivity contribution >= 4 is 18.2 Å². The number of aldehydes is 1. The van der Waals surface area contributed by atoms with Crippen LogP contribution in [-0.4, -0.2) is 47.4 Å². The van der Waals surface area contributed by atoms with Crippen molar-refractivity contribution in [2.45, 2.75) is 110 Å². The molecule has 2 aliphatic heterocycles. The topological polar surface area (TPSA) is 72.9 Å². The highest BCUT2D eigenvalue weighted by Gasteiger charge is 2.62. The number of carbonyl (C=O) groups excluding carboxylic acids is 3. The summed E-state index contributed by atoms with van der Waals surface area (Å²) in [5.74, 6) is 2.33. The summed E-state index contributed by atoms with van der Waals surface area (Å²) < 4.78 is 13.0. The van der Waals surface area contributed by atoms with Crippen LogP contribution in [0.5, 0.6) is 0 Å². The number of ketones is 1. The first-order valence-corrected chi connectivity index (χ1v) is 17.0. The number of nitrogens with zero attached hydrogens (tertiary/aromatic N) is 1. The molecule has 0 bridgehead atoms. The fraction of sp³-hybridized carbons (Fsp3) is 0.703. The molecule has 2 heterocycles. The number of allylic oxidation sites excluding steroid dienone is 1. The highest BCUT2D eigenvalue weighted by Crippen LogP contribution is 2.65. The van der Waals surface area contributed by atoms with Gasteiger partial charge in [-0.1, -0.05) is 62.2 Å². The fourth-order valence-electron chi connectivity index (χ4n) is 11.2. The normalized spacial score (nSPS) is 43.9. The third-order valence-corrected chi connectivity index (χ3v) is 13.3. The van der Waals surface area contributed by atoms with Crippen LogP contribution in [0.4, 0.5) is 4.79 Å². The molecule has 1 aromatic carbocycles. The van der Waals surface area contributed by atoms with Crippen molar-refractivity contribution in [3.8, 4) is 0 Å². The van der Waals surface area contributed by atoms with Gasteiger partial charge in [0.15, 0.2) is 0 Å². The number of piperidine rings is 1. The van der Waals surface area contributed by atoms with E-state index in [1.165, 1.54) is 5.57 Å². The molecule has 232 valence electrons. The highest BCUT2D eigenvalue weighted by atomic mass is 16.6. The van der Waals surface area contributed by atoms with Gasteiger partial charge in [0.2, 0.25) is 0 Å². The Bertz CT molecular complexity index is 1310. The maximum absolute atomic E-state index is 13.5. The summed E-state index contributed by atoms with van der Waals surface area (Å²) in [6.07, 6.45) is 9.58. The molecule has 43 heavy (non-hydrogen) atoms. The van der Waals surface area contributed by atoms with E-state index in [9.17, 15) is 14.4 Å². The van der Waals surface area contributed by atoms with Gasteiger partial charge in [-0.25, -0.2) is 4.79 Å². The van der Waals surface area contributed by atoms with Crippen LogP contribution in [0, 0.1) is 46.8 Å². The van der Waals surface area contributed by atoms with Gasteiger partial charge in [-0.2, -0.15) is 0 Å². The quantitative estimate of drug-likeness (QED) is 0.213. The Morgan fingerprint density at radius 3 is 2.67 bits per heavy atom. The fourth-order valence-corrected chi connectivity index (χ4v) is 11.2. The molecule has 1 amide bonds. The molecule has 4 aliphatic carbocycles. The minimum absolute atomic E-state index is 0.0392. The summed E-state index contributed by atoms with van der Waals surface area (Å²) >= 11 is 0. The number of amides is 1. The van der Waals surface area contributed by atoms with Gasteiger partial charge in [0, 0.05) is 18.9 Å². The predicted octanol–water partition coefficient (Wildman–Crippen LogP) is 7.15. The second-order valence-electron chi connectivity index (χ2n) is 15.5. The van der Waals surface area contributed by atoms with Crippen LogP contribution in [0.1, 0.15) is 91.0 Å². The van der Waals surface area contributed by atoms with Crippen molar-refractivity contribution in [2.24, 2.45) is 46.8 Å². The minimum Gasteiger partial charge on any atom is -0.445 e. The van der Waals surface area contributed by atoms with E-state index < -0.39 is 5.92 Å². The SMILES string of the molecule is CC1=C2C[C@H]3[C@@H](CC[C@@H]4C(C=O)C(=O)CC[C@@]43C)[C@@H]2CC[C@@]2(C1)O[C@@H]1C[C@H](C)CN(C(=O)OCc3ccccc3)[C@H]1[C@H]2C. The summed E-state index contributed by atoms with van der Waals surface area (Å²) in [5, 5.41) is 0. The number of Topliss-reactive ketones (excluding diaryl/α,β-unsaturated/α-hetero) is 1.